The van der Waals surface area contributed by atoms with Crippen LogP contribution in [0.4, 0.5) is 5.82 Å². The minimum Gasteiger partial charge on any atom is -0.460 e. The molecular weight excluding hydrogens is 310 g/mol. The molecule has 3 rings (SSSR count). The lowest BCUT2D eigenvalue weighted by Crippen LogP contribution is -2.13. The highest BCUT2D eigenvalue weighted by Crippen LogP contribution is 2.21. The van der Waals surface area contributed by atoms with Crippen LogP contribution in [0.2, 0.25) is 0 Å². The third kappa shape index (κ3) is 3.17. The fraction of sp³-hybridized carbons (Fsp3) is 0.125. The standard InChI is InChI=1S/C16H15N5O3/c1-2-24-16(23)14-17-9-12(19-14)20-15(22)11-8-18-21-13(11)10-6-4-3-5-7-10/h3-9H,2H2,1H3,(H,17,19)(H,18,21)(H,20,22). The fourth-order valence-electron chi connectivity index (χ4n) is 2.16. The van der Waals surface area contributed by atoms with Crippen LogP contribution >= 0.6 is 0 Å². The molecule has 122 valence electrons. The zero-order valence-corrected chi connectivity index (χ0v) is 12.9. The summed E-state index contributed by atoms with van der Waals surface area (Å²) in [7, 11) is 0. The van der Waals surface area contributed by atoms with Crippen molar-refractivity contribution in [3.63, 3.8) is 0 Å². The van der Waals surface area contributed by atoms with Crippen LogP contribution in [-0.2, 0) is 4.74 Å². The summed E-state index contributed by atoms with van der Waals surface area (Å²) in [4.78, 5) is 30.6. The van der Waals surface area contributed by atoms with Crippen LogP contribution in [-0.4, -0.2) is 38.6 Å². The molecule has 8 heteroatoms. The van der Waals surface area contributed by atoms with Crippen molar-refractivity contribution in [2.45, 2.75) is 6.92 Å². The van der Waals surface area contributed by atoms with Crippen LogP contribution in [0.1, 0.15) is 27.9 Å². The second-order valence-corrected chi connectivity index (χ2v) is 4.84. The minimum absolute atomic E-state index is 0.0302. The van der Waals surface area contributed by atoms with Crippen LogP contribution in [0.25, 0.3) is 11.3 Å². The van der Waals surface area contributed by atoms with Gasteiger partial charge in [0.15, 0.2) is 0 Å². The molecule has 3 aromatic rings. The molecule has 0 fully saturated rings. The quantitative estimate of drug-likeness (QED) is 0.623. The molecule has 0 aliphatic carbocycles. The smallest absolute Gasteiger partial charge is 0.374 e. The highest BCUT2D eigenvalue weighted by Gasteiger charge is 2.17. The second-order valence-electron chi connectivity index (χ2n) is 4.84. The van der Waals surface area contributed by atoms with Gasteiger partial charge in [0.05, 0.1) is 30.3 Å². The summed E-state index contributed by atoms with van der Waals surface area (Å²) in [6.07, 6.45) is 2.80. The highest BCUT2D eigenvalue weighted by atomic mass is 16.5. The number of carbonyl (C=O) groups is 2. The van der Waals surface area contributed by atoms with E-state index < -0.39 is 5.97 Å². The Labute approximate surface area is 137 Å². The van der Waals surface area contributed by atoms with E-state index in [4.69, 9.17) is 4.74 Å². The van der Waals surface area contributed by atoms with E-state index in [2.05, 4.69) is 25.5 Å². The predicted octanol–water partition coefficient (Wildman–Crippen LogP) is 2.23. The number of nitrogens with zero attached hydrogens (tertiary/aromatic N) is 2. The number of anilines is 1. The lowest BCUT2D eigenvalue weighted by molar-refractivity contribution is 0.0513. The average Bonchev–Trinajstić information content (AvgIpc) is 3.25. The van der Waals surface area contributed by atoms with Gasteiger partial charge in [0.2, 0.25) is 5.82 Å². The number of hydrogen-bond acceptors (Lipinski definition) is 5. The summed E-state index contributed by atoms with van der Waals surface area (Å²) in [6.45, 7) is 1.95. The third-order valence-electron chi connectivity index (χ3n) is 3.24. The van der Waals surface area contributed by atoms with Gasteiger partial charge < -0.3 is 15.0 Å². The number of H-pyrrole nitrogens is 2. The second kappa shape index (κ2) is 6.78. The van der Waals surface area contributed by atoms with Gasteiger partial charge in [-0.05, 0) is 6.92 Å². The SMILES string of the molecule is CCOC(=O)c1ncc(NC(=O)c2cn[nH]c2-c2ccccc2)[nH]1. The molecule has 24 heavy (non-hydrogen) atoms. The van der Waals surface area contributed by atoms with Crippen molar-refractivity contribution in [1.82, 2.24) is 20.2 Å². The zero-order valence-electron chi connectivity index (χ0n) is 12.9. The minimum atomic E-state index is -0.578. The van der Waals surface area contributed by atoms with Gasteiger partial charge in [-0.3, -0.25) is 9.89 Å². The number of hydrogen-bond donors (Lipinski definition) is 3. The van der Waals surface area contributed by atoms with Crippen molar-refractivity contribution < 1.29 is 14.3 Å². The van der Waals surface area contributed by atoms with E-state index in [1.54, 1.807) is 6.92 Å². The number of benzene rings is 1. The van der Waals surface area contributed by atoms with Gasteiger partial charge in [0.25, 0.3) is 5.91 Å². The highest BCUT2D eigenvalue weighted by molar-refractivity contribution is 6.07. The van der Waals surface area contributed by atoms with E-state index in [0.717, 1.165) is 5.56 Å². The van der Waals surface area contributed by atoms with E-state index in [1.165, 1.54) is 12.4 Å². The number of aromatic nitrogens is 4. The zero-order chi connectivity index (χ0) is 16.9. The first-order valence-corrected chi connectivity index (χ1v) is 7.31. The molecule has 8 nitrogen and oxygen atoms in total. The molecule has 0 aliphatic heterocycles. The largest absolute Gasteiger partial charge is 0.460 e. The summed E-state index contributed by atoms with van der Waals surface area (Å²) in [5, 5.41) is 9.40. The van der Waals surface area contributed by atoms with Crippen LogP contribution in [0.3, 0.4) is 0 Å². The molecule has 0 saturated carbocycles. The molecule has 3 N–H and O–H groups in total. The maximum absolute atomic E-state index is 12.4. The number of nitrogens with one attached hydrogen (secondary N) is 3. The molecule has 0 unspecified atom stereocenters. The number of imidazole rings is 1. The monoisotopic (exact) mass is 325 g/mol. The van der Waals surface area contributed by atoms with Gasteiger partial charge in [-0.1, -0.05) is 30.3 Å². The number of amides is 1. The summed E-state index contributed by atoms with van der Waals surface area (Å²) < 4.78 is 4.84. The maximum atomic E-state index is 12.4. The molecule has 1 aromatic carbocycles. The van der Waals surface area contributed by atoms with Crippen LogP contribution in [0.5, 0.6) is 0 Å². The van der Waals surface area contributed by atoms with E-state index in [1.807, 2.05) is 30.3 Å². The van der Waals surface area contributed by atoms with Crippen LogP contribution in [0, 0.1) is 0 Å². The lowest BCUT2D eigenvalue weighted by Gasteiger charge is -2.04. The average molecular weight is 325 g/mol. The van der Waals surface area contributed by atoms with Crippen molar-refractivity contribution in [2.75, 3.05) is 11.9 Å². The summed E-state index contributed by atoms with van der Waals surface area (Å²) in [5.41, 5.74) is 1.84. The molecule has 1 amide bonds. The fourth-order valence-corrected chi connectivity index (χ4v) is 2.16. The maximum Gasteiger partial charge on any atom is 0.374 e. The van der Waals surface area contributed by atoms with Gasteiger partial charge >= 0.3 is 5.97 Å². The van der Waals surface area contributed by atoms with Crippen molar-refractivity contribution in [3.8, 4) is 11.3 Å². The Morgan fingerprint density at radius 3 is 2.75 bits per heavy atom. The molecule has 0 spiro atoms. The molecule has 2 aromatic heterocycles. The van der Waals surface area contributed by atoms with Gasteiger partial charge in [0, 0.05) is 5.56 Å². The Hall–Kier alpha value is -3.42. The number of esters is 1. The molecular formula is C16H15N5O3. The van der Waals surface area contributed by atoms with Crippen molar-refractivity contribution >= 4 is 17.7 Å². The van der Waals surface area contributed by atoms with Crippen LogP contribution in [0.15, 0.2) is 42.7 Å². The molecule has 0 saturated heterocycles. The lowest BCUT2D eigenvalue weighted by atomic mass is 10.1. The Morgan fingerprint density at radius 1 is 1.21 bits per heavy atom. The third-order valence-corrected chi connectivity index (χ3v) is 3.24. The predicted molar refractivity (Wildman–Crippen MR) is 86.5 cm³/mol. The van der Waals surface area contributed by atoms with E-state index >= 15 is 0 Å². The van der Waals surface area contributed by atoms with Crippen molar-refractivity contribution in [2.24, 2.45) is 0 Å². The first kappa shape index (κ1) is 15.5. The number of aromatic amines is 2. The van der Waals surface area contributed by atoms with E-state index in [0.29, 0.717) is 17.1 Å². The van der Waals surface area contributed by atoms with Gasteiger partial charge in [-0.25, -0.2) is 9.78 Å². The first-order valence-electron chi connectivity index (χ1n) is 7.31. The van der Waals surface area contributed by atoms with Crippen molar-refractivity contribution in [3.05, 3.63) is 54.1 Å². The first-order chi connectivity index (χ1) is 11.7. The Bertz CT molecular complexity index is 853. The molecule has 0 aliphatic rings. The topological polar surface area (TPSA) is 113 Å². The molecule has 0 atom stereocenters. The van der Waals surface area contributed by atoms with Gasteiger partial charge in [-0.15, -0.1) is 0 Å². The van der Waals surface area contributed by atoms with Gasteiger partial charge in [0.1, 0.15) is 5.82 Å². The number of ether oxygens (including phenoxy) is 1. The molecule has 2 heterocycles. The van der Waals surface area contributed by atoms with E-state index in [9.17, 15) is 9.59 Å². The Kier molecular flexibility index (Phi) is 4.37. The van der Waals surface area contributed by atoms with Crippen LogP contribution < -0.4 is 5.32 Å². The Balaban J connectivity index is 1.77. The van der Waals surface area contributed by atoms with E-state index in [-0.39, 0.29) is 18.3 Å². The molecule has 0 bridgehead atoms. The van der Waals surface area contributed by atoms with Gasteiger partial charge in [-0.2, -0.15) is 5.10 Å². The summed E-state index contributed by atoms with van der Waals surface area (Å²) in [5.74, 6) is -0.626. The van der Waals surface area contributed by atoms with Crippen molar-refractivity contribution in [1.29, 1.82) is 0 Å². The summed E-state index contributed by atoms with van der Waals surface area (Å²) in [6, 6.07) is 9.39. The summed E-state index contributed by atoms with van der Waals surface area (Å²) >= 11 is 0. The number of rotatable bonds is 5. The normalized spacial score (nSPS) is 10.4. The Morgan fingerprint density at radius 2 is 2.00 bits per heavy atom. The number of carbonyl (C=O) groups excluding carboxylic acids is 2. The molecule has 0 radical (unpaired) electrons.